The summed E-state index contributed by atoms with van der Waals surface area (Å²) in [5.41, 5.74) is -0.0908. The Kier molecular flexibility index (Phi) is 3.37. The number of halogens is 1. The zero-order valence-corrected chi connectivity index (χ0v) is 13.7. The third-order valence-electron chi connectivity index (χ3n) is 5.36. The molecule has 130 valence electrons. The van der Waals surface area contributed by atoms with Gasteiger partial charge in [-0.15, -0.1) is 6.58 Å². The maximum absolute atomic E-state index is 14.4. The summed E-state index contributed by atoms with van der Waals surface area (Å²) in [7, 11) is 0. The number of rotatable bonds is 4. The second kappa shape index (κ2) is 5.26. The van der Waals surface area contributed by atoms with Crippen LogP contribution >= 0.6 is 0 Å². The van der Waals surface area contributed by atoms with E-state index in [1.165, 1.54) is 17.0 Å². The summed E-state index contributed by atoms with van der Waals surface area (Å²) in [6.07, 6.45) is 3.27. The number of anilines is 1. The van der Waals surface area contributed by atoms with E-state index in [4.69, 9.17) is 4.74 Å². The fraction of sp³-hybridized carbons (Fsp3) is 0.368. The van der Waals surface area contributed by atoms with Gasteiger partial charge in [0.2, 0.25) is 5.91 Å². The summed E-state index contributed by atoms with van der Waals surface area (Å²) in [5.74, 6) is -3.81. The van der Waals surface area contributed by atoms with E-state index in [1.54, 1.807) is 24.3 Å². The van der Waals surface area contributed by atoms with Crippen LogP contribution in [0.25, 0.3) is 0 Å². The molecule has 0 aliphatic carbocycles. The quantitative estimate of drug-likeness (QED) is 0.853. The smallest absolute Gasteiger partial charge is 0.310 e. The Morgan fingerprint density at radius 3 is 2.80 bits per heavy atom. The summed E-state index contributed by atoms with van der Waals surface area (Å²) in [6, 6.07) is 5.49. The Morgan fingerprint density at radius 2 is 2.16 bits per heavy atom. The monoisotopic (exact) mass is 343 g/mol. The maximum Gasteiger partial charge on any atom is 0.310 e. The molecule has 2 saturated heterocycles. The van der Waals surface area contributed by atoms with Crippen LogP contribution in [0.5, 0.6) is 0 Å². The number of amides is 1. The Morgan fingerprint density at radius 1 is 1.44 bits per heavy atom. The van der Waals surface area contributed by atoms with Gasteiger partial charge < -0.3 is 14.7 Å². The molecule has 6 heteroatoms. The molecule has 3 aliphatic heterocycles. The molecule has 5 nitrogen and oxygen atoms in total. The van der Waals surface area contributed by atoms with Crippen LogP contribution in [0.4, 0.5) is 10.1 Å². The van der Waals surface area contributed by atoms with Gasteiger partial charge in [0.25, 0.3) is 0 Å². The minimum Gasteiger partial charge on any atom is -0.481 e. The lowest BCUT2D eigenvalue weighted by atomic mass is 9.74. The lowest BCUT2D eigenvalue weighted by Crippen LogP contribution is -2.45. The predicted octanol–water partition coefficient (Wildman–Crippen LogP) is 2.53. The number of carboxylic acids is 1. The molecule has 1 amide bonds. The van der Waals surface area contributed by atoms with Gasteiger partial charge >= 0.3 is 5.97 Å². The van der Waals surface area contributed by atoms with Crippen molar-refractivity contribution in [1.29, 1.82) is 0 Å². The van der Waals surface area contributed by atoms with Gasteiger partial charge in [-0.05, 0) is 25.5 Å². The number of nitrogens with zero attached hydrogens (tertiary/aromatic N) is 1. The standard InChI is InChI=1S/C19H18FNO4/c1-10(2)9-14-19-8-7-13(25-19)15(18(23)24)16(19)17(22)21(14)12-6-4-3-5-11(12)20/h3-8,13-16H,1,9H2,2H3,(H,23,24)/t13-,14-,15+,16-,19-/m1/s1. The van der Waals surface area contributed by atoms with Crippen molar-refractivity contribution in [1.82, 2.24) is 0 Å². The van der Waals surface area contributed by atoms with E-state index in [1.807, 2.05) is 6.92 Å². The molecule has 1 spiro atoms. The molecular weight excluding hydrogens is 325 g/mol. The molecule has 4 rings (SSSR count). The largest absolute Gasteiger partial charge is 0.481 e. The van der Waals surface area contributed by atoms with Crippen LogP contribution < -0.4 is 4.90 Å². The first-order valence-electron chi connectivity index (χ1n) is 8.19. The fourth-order valence-electron chi connectivity index (χ4n) is 4.45. The van der Waals surface area contributed by atoms with Crippen molar-refractivity contribution in [3.05, 3.63) is 54.4 Å². The van der Waals surface area contributed by atoms with Crippen molar-refractivity contribution in [2.45, 2.75) is 31.1 Å². The number of ether oxygens (including phenoxy) is 1. The highest BCUT2D eigenvalue weighted by atomic mass is 19.1. The molecule has 5 atom stereocenters. The summed E-state index contributed by atoms with van der Waals surface area (Å²) in [5, 5.41) is 9.60. The van der Waals surface area contributed by atoms with Gasteiger partial charge in [0.1, 0.15) is 17.3 Å². The van der Waals surface area contributed by atoms with Gasteiger partial charge in [0.05, 0.1) is 23.8 Å². The Bertz CT molecular complexity index is 819. The van der Waals surface area contributed by atoms with E-state index in [-0.39, 0.29) is 5.69 Å². The lowest BCUT2D eigenvalue weighted by molar-refractivity contribution is -0.146. The zero-order valence-electron chi connectivity index (χ0n) is 13.7. The van der Waals surface area contributed by atoms with Gasteiger partial charge in [-0.1, -0.05) is 29.9 Å². The van der Waals surface area contributed by atoms with Crippen LogP contribution in [0, 0.1) is 17.7 Å². The van der Waals surface area contributed by atoms with Crippen LogP contribution in [0.3, 0.4) is 0 Å². The van der Waals surface area contributed by atoms with Gasteiger partial charge in [-0.25, -0.2) is 4.39 Å². The number of hydrogen-bond donors (Lipinski definition) is 1. The van der Waals surface area contributed by atoms with Crippen molar-refractivity contribution in [2.24, 2.45) is 11.8 Å². The van der Waals surface area contributed by atoms with Crippen molar-refractivity contribution in [2.75, 3.05) is 4.90 Å². The van der Waals surface area contributed by atoms with Gasteiger partial charge in [0.15, 0.2) is 0 Å². The summed E-state index contributed by atoms with van der Waals surface area (Å²) in [4.78, 5) is 26.3. The van der Waals surface area contributed by atoms with E-state index < -0.39 is 47.3 Å². The number of benzene rings is 1. The van der Waals surface area contributed by atoms with Gasteiger partial charge in [0, 0.05) is 0 Å². The minimum absolute atomic E-state index is 0.145. The molecule has 0 aromatic heterocycles. The fourth-order valence-corrected chi connectivity index (χ4v) is 4.45. The average Bonchev–Trinajstić information content (AvgIpc) is 3.18. The third kappa shape index (κ3) is 2.03. The second-order valence-electron chi connectivity index (χ2n) is 6.97. The molecule has 2 fully saturated rings. The third-order valence-corrected chi connectivity index (χ3v) is 5.36. The van der Waals surface area contributed by atoms with E-state index in [0.717, 1.165) is 5.57 Å². The maximum atomic E-state index is 14.4. The van der Waals surface area contributed by atoms with Crippen molar-refractivity contribution < 1.29 is 23.8 Å². The number of carbonyl (C=O) groups excluding carboxylic acids is 1. The molecule has 3 heterocycles. The van der Waals surface area contributed by atoms with Gasteiger partial charge in [-0.2, -0.15) is 0 Å². The molecule has 0 unspecified atom stereocenters. The minimum atomic E-state index is -1.07. The highest BCUT2D eigenvalue weighted by molar-refractivity contribution is 6.03. The Labute approximate surface area is 144 Å². The summed E-state index contributed by atoms with van der Waals surface area (Å²) >= 11 is 0. The summed E-state index contributed by atoms with van der Waals surface area (Å²) < 4.78 is 20.4. The second-order valence-corrected chi connectivity index (χ2v) is 6.97. The number of carboxylic acid groups (broad SMARTS) is 1. The summed E-state index contributed by atoms with van der Waals surface area (Å²) in [6.45, 7) is 5.74. The molecule has 3 aliphatic rings. The number of para-hydroxylation sites is 1. The first-order valence-corrected chi connectivity index (χ1v) is 8.19. The number of hydrogen-bond acceptors (Lipinski definition) is 3. The van der Waals surface area contributed by atoms with Crippen molar-refractivity contribution >= 4 is 17.6 Å². The molecule has 25 heavy (non-hydrogen) atoms. The van der Waals surface area contributed by atoms with Crippen LogP contribution in [0.2, 0.25) is 0 Å². The van der Waals surface area contributed by atoms with E-state index in [0.29, 0.717) is 6.42 Å². The SMILES string of the molecule is C=C(C)C[C@H]1N(c2ccccc2F)C(=O)[C@H]2[C@@H](C(=O)O)[C@H]3C=C[C@]21O3. The topological polar surface area (TPSA) is 66.8 Å². The molecule has 1 aromatic carbocycles. The van der Waals surface area contributed by atoms with E-state index >= 15 is 0 Å². The molecule has 0 radical (unpaired) electrons. The number of carbonyl (C=O) groups is 2. The molecule has 1 aromatic rings. The van der Waals surface area contributed by atoms with Crippen molar-refractivity contribution in [3.63, 3.8) is 0 Å². The predicted molar refractivity (Wildman–Crippen MR) is 88.5 cm³/mol. The molecular formula is C19H18FNO4. The zero-order chi connectivity index (χ0) is 17.9. The van der Waals surface area contributed by atoms with Gasteiger partial charge in [-0.3, -0.25) is 9.59 Å². The van der Waals surface area contributed by atoms with Crippen LogP contribution in [-0.2, 0) is 14.3 Å². The normalized spacial score (nSPS) is 35.3. The van der Waals surface area contributed by atoms with Crippen LogP contribution in [0.1, 0.15) is 13.3 Å². The number of aliphatic carboxylic acids is 1. The van der Waals surface area contributed by atoms with Crippen LogP contribution in [0.15, 0.2) is 48.6 Å². The highest BCUT2D eigenvalue weighted by Gasteiger charge is 2.71. The molecule has 1 N–H and O–H groups in total. The van der Waals surface area contributed by atoms with E-state index in [2.05, 4.69) is 6.58 Å². The molecule has 0 saturated carbocycles. The highest BCUT2D eigenvalue weighted by Crippen LogP contribution is 2.56. The Balaban J connectivity index is 1.87. The lowest BCUT2D eigenvalue weighted by Gasteiger charge is -2.33. The van der Waals surface area contributed by atoms with E-state index in [9.17, 15) is 19.1 Å². The Hall–Kier alpha value is -2.47. The molecule has 2 bridgehead atoms. The van der Waals surface area contributed by atoms with Crippen molar-refractivity contribution in [3.8, 4) is 0 Å². The van der Waals surface area contributed by atoms with Crippen LogP contribution in [-0.4, -0.2) is 34.7 Å². The first kappa shape index (κ1) is 16.0. The average molecular weight is 343 g/mol. The number of fused-ring (bicyclic) bond motifs is 1. The first-order chi connectivity index (χ1) is 11.9.